The lowest BCUT2D eigenvalue weighted by molar-refractivity contribution is -0.144. The fraction of sp³-hybridized carbons (Fsp3) is 0.588. The zero-order chi connectivity index (χ0) is 17.7. The van der Waals surface area contributed by atoms with Crippen molar-refractivity contribution in [1.29, 1.82) is 0 Å². The maximum atomic E-state index is 14.0. The number of carbonyl (C=O) groups excluding carboxylic acids is 3. The van der Waals surface area contributed by atoms with E-state index in [0.717, 1.165) is 6.42 Å². The molecule has 2 aliphatic heterocycles. The Morgan fingerprint density at radius 3 is 2.71 bits per heavy atom. The van der Waals surface area contributed by atoms with Crippen LogP contribution in [-0.2, 0) is 19.1 Å². The van der Waals surface area contributed by atoms with E-state index in [1.54, 1.807) is 6.08 Å². The third kappa shape index (κ3) is 4.08. The molecule has 0 bridgehead atoms. The highest BCUT2D eigenvalue weighted by molar-refractivity contribution is 6.05. The van der Waals surface area contributed by atoms with Gasteiger partial charge in [-0.25, -0.2) is 4.39 Å². The van der Waals surface area contributed by atoms with Crippen LogP contribution < -0.4 is 5.32 Å². The maximum Gasteiger partial charge on any atom is 0.254 e. The smallest absolute Gasteiger partial charge is 0.254 e. The van der Waals surface area contributed by atoms with E-state index in [1.165, 1.54) is 18.9 Å². The zero-order valence-electron chi connectivity index (χ0n) is 14.1. The van der Waals surface area contributed by atoms with Gasteiger partial charge in [-0.05, 0) is 44.3 Å². The van der Waals surface area contributed by atoms with E-state index in [0.29, 0.717) is 31.4 Å². The SMILES string of the molecule is COC/C=C1/C(=O)N(C2CCC(=O)NC2=O)CCCC/C1=C(/C)F. The summed E-state index contributed by atoms with van der Waals surface area (Å²) in [5.41, 5.74) is 0.621. The number of rotatable bonds is 3. The molecule has 2 saturated heterocycles. The van der Waals surface area contributed by atoms with Crippen molar-refractivity contribution in [2.75, 3.05) is 20.3 Å². The second kappa shape index (κ2) is 8.19. The first-order chi connectivity index (χ1) is 11.5. The van der Waals surface area contributed by atoms with E-state index in [4.69, 9.17) is 4.74 Å². The normalized spacial score (nSPS) is 27.0. The monoisotopic (exact) mass is 338 g/mol. The van der Waals surface area contributed by atoms with Gasteiger partial charge < -0.3 is 9.64 Å². The third-order valence-corrected chi connectivity index (χ3v) is 4.35. The minimum atomic E-state index is -0.694. The van der Waals surface area contributed by atoms with Crippen LogP contribution in [0.25, 0.3) is 0 Å². The summed E-state index contributed by atoms with van der Waals surface area (Å²) >= 11 is 0. The number of hydrogen-bond donors (Lipinski definition) is 1. The number of allylic oxidation sites excluding steroid dienone is 1. The first kappa shape index (κ1) is 18.3. The molecule has 6 nitrogen and oxygen atoms in total. The Labute approximate surface area is 140 Å². The van der Waals surface area contributed by atoms with Crippen LogP contribution in [0.4, 0.5) is 4.39 Å². The molecule has 24 heavy (non-hydrogen) atoms. The number of hydrogen-bond acceptors (Lipinski definition) is 4. The molecule has 0 spiro atoms. The van der Waals surface area contributed by atoms with Crippen LogP contribution in [0.15, 0.2) is 23.0 Å². The molecule has 0 aromatic heterocycles. The molecule has 3 amide bonds. The van der Waals surface area contributed by atoms with E-state index < -0.39 is 17.8 Å². The molecule has 132 valence electrons. The van der Waals surface area contributed by atoms with Gasteiger partial charge in [-0.3, -0.25) is 19.7 Å². The van der Waals surface area contributed by atoms with E-state index >= 15 is 0 Å². The van der Waals surface area contributed by atoms with E-state index in [1.807, 2.05) is 0 Å². The van der Waals surface area contributed by atoms with Crippen molar-refractivity contribution in [1.82, 2.24) is 10.2 Å². The molecule has 1 N–H and O–H groups in total. The van der Waals surface area contributed by atoms with E-state index in [-0.39, 0.29) is 30.4 Å². The van der Waals surface area contributed by atoms with Crippen LogP contribution >= 0.6 is 0 Å². The predicted octanol–water partition coefficient (Wildman–Crippen LogP) is 1.62. The van der Waals surface area contributed by atoms with E-state index in [9.17, 15) is 18.8 Å². The average molecular weight is 338 g/mol. The lowest BCUT2D eigenvalue weighted by Gasteiger charge is -2.35. The van der Waals surface area contributed by atoms with Crippen LogP contribution in [0.1, 0.15) is 39.0 Å². The molecule has 0 aliphatic carbocycles. The summed E-state index contributed by atoms with van der Waals surface area (Å²) in [5, 5.41) is 2.27. The van der Waals surface area contributed by atoms with E-state index in [2.05, 4.69) is 5.32 Å². The Hall–Kier alpha value is -2.02. The third-order valence-electron chi connectivity index (χ3n) is 4.35. The number of ether oxygens (including phenoxy) is 1. The summed E-state index contributed by atoms with van der Waals surface area (Å²) in [5.74, 6) is -1.57. The Bertz CT molecular complexity index is 593. The quantitative estimate of drug-likeness (QED) is 0.627. The first-order valence-electron chi connectivity index (χ1n) is 8.15. The summed E-state index contributed by atoms with van der Waals surface area (Å²) < 4.78 is 18.9. The first-order valence-corrected chi connectivity index (χ1v) is 8.15. The highest BCUT2D eigenvalue weighted by atomic mass is 19.1. The van der Waals surface area contributed by atoms with Gasteiger partial charge in [0.15, 0.2) is 0 Å². The summed E-state index contributed by atoms with van der Waals surface area (Å²) in [6, 6.07) is -0.694. The number of imide groups is 1. The molecular formula is C17H23FN2O4. The molecule has 2 fully saturated rings. The number of carbonyl (C=O) groups is 3. The highest BCUT2D eigenvalue weighted by Crippen LogP contribution is 2.28. The molecule has 7 heteroatoms. The van der Waals surface area contributed by atoms with Gasteiger partial charge in [-0.1, -0.05) is 0 Å². The van der Waals surface area contributed by atoms with Gasteiger partial charge in [0.1, 0.15) is 11.9 Å². The van der Waals surface area contributed by atoms with Crippen molar-refractivity contribution >= 4 is 17.7 Å². The molecule has 1 atom stereocenters. The number of nitrogens with zero attached hydrogens (tertiary/aromatic N) is 1. The Morgan fingerprint density at radius 2 is 2.08 bits per heavy atom. The van der Waals surface area contributed by atoms with Gasteiger partial charge in [0.05, 0.1) is 6.61 Å². The van der Waals surface area contributed by atoms with Crippen molar-refractivity contribution in [2.45, 2.75) is 45.1 Å². The second-order valence-corrected chi connectivity index (χ2v) is 6.01. The van der Waals surface area contributed by atoms with Crippen molar-refractivity contribution in [2.24, 2.45) is 0 Å². The fourth-order valence-corrected chi connectivity index (χ4v) is 3.12. The molecule has 0 aromatic carbocycles. The van der Waals surface area contributed by atoms with Crippen molar-refractivity contribution in [3.05, 3.63) is 23.0 Å². The average Bonchev–Trinajstić information content (AvgIpc) is 2.51. The molecule has 2 heterocycles. The summed E-state index contributed by atoms with van der Waals surface area (Å²) in [6.45, 7) is 1.93. The molecule has 0 radical (unpaired) electrons. The molecule has 1 unspecified atom stereocenters. The van der Waals surface area contributed by atoms with Gasteiger partial charge in [-0.15, -0.1) is 0 Å². The van der Waals surface area contributed by atoms with Gasteiger partial charge in [0.2, 0.25) is 11.8 Å². The Balaban J connectivity index is 2.35. The Morgan fingerprint density at radius 1 is 1.33 bits per heavy atom. The van der Waals surface area contributed by atoms with Gasteiger partial charge in [0, 0.05) is 25.6 Å². The number of piperidine rings is 1. The van der Waals surface area contributed by atoms with Gasteiger partial charge in [0.25, 0.3) is 5.91 Å². The lowest BCUT2D eigenvalue weighted by atomic mass is 9.93. The van der Waals surface area contributed by atoms with Gasteiger partial charge in [-0.2, -0.15) is 0 Å². The number of nitrogens with one attached hydrogen (secondary N) is 1. The maximum absolute atomic E-state index is 14.0. The Kier molecular flexibility index (Phi) is 6.25. The van der Waals surface area contributed by atoms with Crippen LogP contribution in [0.3, 0.4) is 0 Å². The van der Waals surface area contributed by atoms with Crippen LogP contribution in [0.2, 0.25) is 0 Å². The number of methoxy groups -OCH3 is 1. The van der Waals surface area contributed by atoms with Crippen LogP contribution in [0.5, 0.6) is 0 Å². The summed E-state index contributed by atoms with van der Waals surface area (Å²) in [7, 11) is 1.49. The van der Waals surface area contributed by atoms with Crippen LogP contribution in [0, 0.1) is 0 Å². The fourth-order valence-electron chi connectivity index (χ4n) is 3.12. The number of likely N-dealkylation sites (tertiary alicyclic amines) is 1. The zero-order valence-corrected chi connectivity index (χ0v) is 14.1. The molecule has 0 aromatic rings. The van der Waals surface area contributed by atoms with Crippen molar-refractivity contribution in [3.8, 4) is 0 Å². The summed E-state index contributed by atoms with van der Waals surface area (Å²) in [4.78, 5) is 37.9. The molecule has 2 aliphatic rings. The molecule has 0 saturated carbocycles. The minimum Gasteiger partial charge on any atom is -0.381 e. The highest BCUT2D eigenvalue weighted by Gasteiger charge is 2.36. The second-order valence-electron chi connectivity index (χ2n) is 6.01. The topological polar surface area (TPSA) is 75.7 Å². The number of halogens is 1. The minimum absolute atomic E-state index is 0.182. The van der Waals surface area contributed by atoms with Crippen LogP contribution in [-0.4, -0.2) is 48.9 Å². The molecular weight excluding hydrogens is 315 g/mol. The predicted molar refractivity (Wildman–Crippen MR) is 85.5 cm³/mol. The number of amides is 3. The molecule has 2 rings (SSSR count). The van der Waals surface area contributed by atoms with Gasteiger partial charge >= 0.3 is 0 Å². The lowest BCUT2D eigenvalue weighted by Crippen LogP contribution is -2.55. The van der Waals surface area contributed by atoms with Crippen molar-refractivity contribution in [3.63, 3.8) is 0 Å². The largest absolute Gasteiger partial charge is 0.381 e. The standard InChI is InChI=1S/C17H23FN2O4/c1-11(18)12-5-3-4-9-20(17(23)13(12)8-10-24-2)14-6-7-15(21)19-16(14)22/h8,14H,3-7,9-10H2,1-2H3,(H,19,21,22)/b12-11+,13-8+. The van der Waals surface area contributed by atoms with Crippen molar-refractivity contribution < 1.29 is 23.5 Å². The summed E-state index contributed by atoms with van der Waals surface area (Å²) in [6.07, 6.45) is 3.93.